The van der Waals surface area contributed by atoms with Crippen LogP contribution in [0.3, 0.4) is 0 Å². The molecule has 120 valence electrons. The Kier molecular flexibility index (Phi) is 2.67. The largest absolute Gasteiger partial charge is 0.369 e. The fourth-order valence-electron chi connectivity index (χ4n) is 3.24. The third kappa shape index (κ3) is 1.92. The summed E-state index contributed by atoms with van der Waals surface area (Å²) in [6.07, 6.45) is 3.32. The summed E-state index contributed by atoms with van der Waals surface area (Å²) in [6.45, 7) is 0. The van der Waals surface area contributed by atoms with Crippen molar-refractivity contribution < 1.29 is 0 Å². The molecule has 0 aliphatic carbocycles. The summed E-state index contributed by atoms with van der Waals surface area (Å²) in [5.41, 5.74) is 16.1. The molecule has 0 bridgehead atoms. The van der Waals surface area contributed by atoms with Gasteiger partial charge in [-0.2, -0.15) is 0 Å². The molecular formula is C18H13N7. The summed E-state index contributed by atoms with van der Waals surface area (Å²) in [7, 11) is 0. The summed E-state index contributed by atoms with van der Waals surface area (Å²) >= 11 is 0. The van der Waals surface area contributed by atoms with E-state index in [1.807, 2.05) is 40.8 Å². The summed E-state index contributed by atoms with van der Waals surface area (Å²) in [6, 6.07) is 13.8. The van der Waals surface area contributed by atoms with Crippen LogP contribution < -0.4 is 11.5 Å². The maximum atomic E-state index is 6.14. The molecule has 0 aliphatic heterocycles. The Morgan fingerprint density at radius 3 is 2.60 bits per heavy atom. The van der Waals surface area contributed by atoms with Crippen molar-refractivity contribution in [1.29, 1.82) is 0 Å². The first kappa shape index (κ1) is 13.7. The molecule has 7 heteroatoms. The van der Waals surface area contributed by atoms with Crippen LogP contribution in [-0.4, -0.2) is 24.3 Å². The minimum absolute atomic E-state index is 0.223. The van der Waals surface area contributed by atoms with Gasteiger partial charge in [-0.05, 0) is 24.3 Å². The molecule has 4 aromatic heterocycles. The van der Waals surface area contributed by atoms with E-state index in [0.29, 0.717) is 5.95 Å². The van der Waals surface area contributed by atoms with E-state index < -0.39 is 0 Å². The van der Waals surface area contributed by atoms with E-state index in [9.17, 15) is 0 Å². The third-order valence-corrected chi connectivity index (χ3v) is 4.28. The number of nitrogens with two attached hydrogens (primary N) is 2. The minimum atomic E-state index is 0.223. The Hall–Kier alpha value is -3.74. The van der Waals surface area contributed by atoms with Crippen LogP contribution in [0.2, 0.25) is 0 Å². The highest BCUT2D eigenvalue weighted by Crippen LogP contribution is 2.36. The van der Waals surface area contributed by atoms with E-state index in [-0.39, 0.29) is 5.95 Å². The highest BCUT2D eigenvalue weighted by Gasteiger charge is 2.18. The van der Waals surface area contributed by atoms with E-state index in [2.05, 4.69) is 21.0 Å². The number of para-hydroxylation sites is 1. The molecule has 0 radical (unpaired) electrons. The second kappa shape index (κ2) is 4.88. The number of rotatable bonds is 1. The van der Waals surface area contributed by atoms with Crippen molar-refractivity contribution in [2.24, 2.45) is 0 Å². The van der Waals surface area contributed by atoms with Crippen LogP contribution in [0.1, 0.15) is 0 Å². The Bertz CT molecular complexity index is 1270. The van der Waals surface area contributed by atoms with E-state index in [1.165, 1.54) is 0 Å². The van der Waals surface area contributed by atoms with E-state index >= 15 is 0 Å². The van der Waals surface area contributed by atoms with Gasteiger partial charge < -0.3 is 11.5 Å². The quantitative estimate of drug-likeness (QED) is 0.490. The predicted molar refractivity (Wildman–Crippen MR) is 97.8 cm³/mol. The van der Waals surface area contributed by atoms with Crippen molar-refractivity contribution in [1.82, 2.24) is 24.3 Å². The number of nitrogens with zero attached hydrogens (tertiary/aromatic N) is 5. The molecule has 0 saturated heterocycles. The van der Waals surface area contributed by atoms with Crippen molar-refractivity contribution in [2.45, 2.75) is 0 Å². The zero-order valence-corrected chi connectivity index (χ0v) is 13.1. The topological polar surface area (TPSA) is 108 Å². The van der Waals surface area contributed by atoms with Gasteiger partial charge in [-0.15, -0.1) is 0 Å². The van der Waals surface area contributed by atoms with Crippen LogP contribution in [0.5, 0.6) is 0 Å². The molecular weight excluding hydrogens is 314 g/mol. The number of fused-ring (bicyclic) bond motifs is 4. The molecule has 0 unspecified atom stereocenters. The first-order valence-corrected chi connectivity index (χ1v) is 7.75. The normalized spacial score (nSPS) is 11.5. The summed E-state index contributed by atoms with van der Waals surface area (Å²) < 4.78 is 1.84. The fourth-order valence-corrected chi connectivity index (χ4v) is 3.24. The van der Waals surface area contributed by atoms with Crippen LogP contribution >= 0.6 is 0 Å². The van der Waals surface area contributed by atoms with Crippen LogP contribution in [0.15, 0.2) is 54.9 Å². The second-order valence-corrected chi connectivity index (χ2v) is 5.75. The monoisotopic (exact) mass is 327 g/mol. The highest BCUT2D eigenvalue weighted by molar-refractivity contribution is 6.07. The van der Waals surface area contributed by atoms with Crippen LogP contribution in [0, 0.1) is 0 Å². The molecule has 4 heterocycles. The van der Waals surface area contributed by atoms with Crippen molar-refractivity contribution in [2.75, 3.05) is 11.5 Å². The number of benzene rings is 1. The molecule has 4 N–H and O–H groups in total. The maximum absolute atomic E-state index is 6.14. The van der Waals surface area contributed by atoms with Gasteiger partial charge in [0.15, 0.2) is 0 Å². The maximum Gasteiger partial charge on any atom is 0.220 e. The van der Waals surface area contributed by atoms with E-state index in [1.54, 1.807) is 12.4 Å². The smallest absolute Gasteiger partial charge is 0.220 e. The number of aromatic nitrogens is 5. The van der Waals surface area contributed by atoms with Gasteiger partial charge in [-0.3, -0.25) is 4.40 Å². The zero-order valence-electron chi connectivity index (χ0n) is 13.1. The SMILES string of the molecule is Nc1nccc(-c2c3cc4ccccc4nc3n3c(N)nccc23)n1. The van der Waals surface area contributed by atoms with Crippen molar-refractivity contribution in [3.63, 3.8) is 0 Å². The molecule has 0 fully saturated rings. The summed E-state index contributed by atoms with van der Waals surface area (Å²) in [5, 5.41) is 1.98. The lowest BCUT2D eigenvalue weighted by molar-refractivity contribution is 1.13. The van der Waals surface area contributed by atoms with Gasteiger partial charge >= 0.3 is 0 Å². The second-order valence-electron chi connectivity index (χ2n) is 5.75. The van der Waals surface area contributed by atoms with Gasteiger partial charge in [0.2, 0.25) is 11.9 Å². The van der Waals surface area contributed by atoms with Crippen LogP contribution in [0.25, 0.3) is 38.7 Å². The van der Waals surface area contributed by atoms with Gasteiger partial charge in [0.1, 0.15) is 5.65 Å². The van der Waals surface area contributed by atoms with Crippen molar-refractivity contribution in [3.8, 4) is 11.3 Å². The molecule has 0 spiro atoms. The predicted octanol–water partition coefficient (Wildman–Crippen LogP) is 2.66. The van der Waals surface area contributed by atoms with E-state index in [4.69, 9.17) is 16.5 Å². The van der Waals surface area contributed by atoms with Gasteiger partial charge in [0.25, 0.3) is 0 Å². The lowest BCUT2D eigenvalue weighted by Crippen LogP contribution is -2.00. The van der Waals surface area contributed by atoms with Gasteiger partial charge in [-0.1, -0.05) is 18.2 Å². The summed E-state index contributed by atoms with van der Waals surface area (Å²) in [5.74, 6) is 0.597. The molecule has 0 amide bonds. The lowest BCUT2D eigenvalue weighted by atomic mass is 10.1. The van der Waals surface area contributed by atoms with Crippen LogP contribution in [-0.2, 0) is 0 Å². The van der Waals surface area contributed by atoms with Gasteiger partial charge in [0, 0.05) is 28.7 Å². The first-order valence-electron chi connectivity index (χ1n) is 7.75. The standard InChI is InChI=1S/C18H13N7/c19-17-21-7-5-13(24-17)15-11-9-10-3-1-2-4-12(10)23-16(11)25-14(15)6-8-22-18(25)20/h1-9H,(H2,20,22)(H2,19,21,24). The molecule has 1 aromatic carbocycles. The number of hydrogen-bond donors (Lipinski definition) is 2. The molecule has 7 nitrogen and oxygen atoms in total. The summed E-state index contributed by atoms with van der Waals surface area (Å²) in [4.78, 5) is 17.4. The Balaban J connectivity index is 2.04. The number of nitrogen functional groups attached to an aromatic ring is 2. The highest BCUT2D eigenvalue weighted by atomic mass is 15.1. The molecule has 5 aromatic rings. The average Bonchev–Trinajstić information content (AvgIpc) is 2.94. The number of pyridine rings is 1. The number of anilines is 2. The van der Waals surface area contributed by atoms with Crippen molar-refractivity contribution in [3.05, 3.63) is 54.9 Å². The van der Waals surface area contributed by atoms with E-state index in [0.717, 1.165) is 38.7 Å². The lowest BCUT2D eigenvalue weighted by Gasteiger charge is -2.02. The first-order chi connectivity index (χ1) is 12.2. The molecule has 0 atom stereocenters. The van der Waals surface area contributed by atoms with Crippen LogP contribution in [0.4, 0.5) is 11.9 Å². The molecule has 0 aliphatic rings. The zero-order chi connectivity index (χ0) is 17.0. The fraction of sp³-hybridized carbons (Fsp3) is 0. The van der Waals surface area contributed by atoms with Gasteiger partial charge in [0.05, 0.1) is 16.7 Å². The molecule has 0 saturated carbocycles. The van der Waals surface area contributed by atoms with Crippen molar-refractivity contribution >= 4 is 39.3 Å². The van der Waals surface area contributed by atoms with Gasteiger partial charge in [-0.25, -0.2) is 19.9 Å². The average molecular weight is 327 g/mol. The third-order valence-electron chi connectivity index (χ3n) is 4.28. The number of hydrogen-bond acceptors (Lipinski definition) is 6. The Labute approximate surface area is 142 Å². The Morgan fingerprint density at radius 1 is 0.880 bits per heavy atom. The molecule has 25 heavy (non-hydrogen) atoms. The Morgan fingerprint density at radius 2 is 1.72 bits per heavy atom. The minimum Gasteiger partial charge on any atom is -0.369 e. The molecule has 5 rings (SSSR count).